The van der Waals surface area contributed by atoms with E-state index in [2.05, 4.69) is 180 Å². The molecular formula is C47H30N2O. The number of para-hydroxylation sites is 1. The molecule has 0 aliphatic carbocycles. The van der Waals surface area contributed by atoms with Crippen LogP contribution >= 0.6 is 0 Å². The van der Waals surface area contributed by atoms with E-state index in [9.17, 15) is 0 Å². The lowest BCUT2D eigenvalue weighted by atomic mass is 9.97. The van der Waals surface area contributed by atoms with E-state index in [0.717, 1.165) is 55.5 Å². The third kappa shape index (κ3) is 4.63. The number of aromatic nitrogens is 1. The van der Waals surface area contributed by atoms with Crippen LogP contribution in [0, 0.1) is 0 Å². The molecule has 10 aromatic rings. The van der Waals surface area contributed by atoms with Crippen LogP contribution in [0.4, 0.5) is 17.1 Å². The number of hydrogen-bond acceptors (Lipinski definition) is 3. The fourth-order valence-electron chi connectivity index (χ4n) is 7.51. The predicted molar refractivity (Wildman–Crippen MR) is 210 cm³/mol. The summed E-state index contributed by atoms with van der Waals surface area (Å²) >= 11 is 0. The molecule has 3 nitrogen and oxygen atoms in total. The third-order valence-corrected chi connectivity index (χ3v) is 9.87. The van der Waals surface area contributed by atoms with Crippen molar-refractivity contribution in [1.82, 2.24) is 4.98 Å². The molecule has 50 heavy (non-hydrogen) atoms. The van der Waals surface area contributed by atoms with Gasteiger partial charge in [-0.05, 0) is 86.3 Å². The first-order chi connectivity index (χ1) is 24.8. The predicted octanol–water partition coefficient (Wildman–Crippen LogP) is 13.2. The van der Waals surface area contributed by atoms with Crippen molar-refractivity contribution in [2.24, 2.45) is 0 Å². The second-order valence-corrected chi connectivity index (χ2v) is 12.8. The number of pyridine rings is 1. The Bertz CT molecular complexity index is 2870. The quantitative estimate of drug-likeness (QED) is 0.188. The van der Waals surface area contributed by atoms with Crippen molar-refractivity contribution in [1.29, 1.82) is 0 Å². The summed E-state index contributed by atoms with van der Waals surface area (Å²) in [5.74, 6) is 0. The molecule has 0 aliphatic rings. The number of hydrogen-bond donors (Lipinski definition) is 0. The van der Waals surface area contributed by atoms with E-state index in [4.69, 9.17) is 4.42 Å². The molecule has 0 radical (unpaired) electrons. The molecular weight excluding hydrogens is 609 g/mol. The van der Waals surface area contributed by atoms with Gasteiger partial charge >= 0.3 is 0 Å². The Balaban J connectivity index is 1.18. The van der Waals surface area contributed by atoms with Crippen molar-refractivity contribution in [2.45, 2.75) is 0 Å². The summed E-state index contributed by atoms with van der Waals surface area (Å²) in [5.41, 5.74) is 10.4. The van der Waals surface area contributed by atoms with Gasteiger partial charge in [0, 0.05) is 39.8 Å². The van der Waals surface area contributed by atoms with E-state index >= 15 is 0 Å². The van der Waals surface area contributed by atoms with E-state index in [1.54, 1.807) is 0 Å². The van der Waals surface area contributed by atoms with Crippen molar-refractivity contribution < 1.29 is 4.42 Å². The van der Waals surface area contributed by atoms with Crippen molar-refractivity contribution in [3.8, 4) is 22.3 Å². The maximum atomic E-state index is 6.75. The Morgan fingerprint density at radius 1 is 0.420 bits per heavy atom. The fourth-order valence-corrected chi connectivity index (χ4v) is 7.51. The SMILES string of the molecule is c1cc(-c2cccc3ccccc23)cc(N(c2ccc(-c3cccc4ccccc34)cc2)c2cccc3c2oc2cc4ncccc4cc23)c1. The number of rotatable bonds is 5. The molecule has 0 saturated heterocycles. The first-order valence-corrected chi connectivity index (χ1v) is 17.0. The molecule has 0 fully saturated rings. The highest BCUT2D eigenvalue weighted by Gasteiger charge is 2.21. The second-order valence-electron chi connectivity index (χ2n) is 12.8. The summed E-state index contributed by atoms with van der Waals surface area (Å²) < 4.78 is 6.75. The van der Waals surface area contributed by atoms with Gasteiger partial charge in [-0.25, -0.2) is 0 Å². The van der Waals surface area contributed by atoms with Gasteiger partial charge in [-0.2, -0.15) is 0 Å². The maximum Gasteiger partial charge on any atom is 0.159 e. The summed E-state index contributed by atoms with van der Waals surface area (Å²) in [6.07, 6.45) is 1.83. The van der Waals surface area contributed by atoms with Crippen LogP contribution in [0.25, 0.3) is 76.6 Å². The number of furan rings is 1. The van der Waals surface area contributed by atoms with Gasteiger partial charge in [-0.3, -0.25) is 4.98 Å². The molecule has 0 unspecified atom stereocenters. The van der Waals surface area contributed by atoms with Crippen molar-refractivity contribution in [3.63, 3.8) is 0 Å². The first kappa shape index (κ1) is 28.3. The molecule has 2 heterocycles. The molecule has 3 heteroatoms. The molecule has 8 aromatic carbocycles. The number of anilines is 3. The summed E-state index contributed by atoms with van der Waals surface area (Å²) in [6, 6.07) is 62.7. The average molecular weight is 639 g/mol. The molecule has 2 aromatic heterocycles. The monoisotopic (exact) mass is 638 g/mol. The molecule has 10 rings (SSSR count). The second kappa shape index (κ2) is 11.5. The summed E-state index contributed by atoms with van der Waals surface area (Å²) in [4.78, 5) is 6.92. The maximum absolute atomic E-state index is 6.75. The Morgan fingerprint density at radius 3 is 1.84 bits per heavy atom. The first-order valence-electron chi connectivity index (χ1n) is 17.0. The highest BCUT2D eigenvalue weighted by molar-refractivity contribution is 6.13. The van der Waals surface area contributed by atoms with Gasteiger partial charge in [0.25, 0.3) is 0 Å². The standard InChI is InChI=1S/C47H30N2O/c1-3-17-38-31(10-1)12-6-19-40(38)33-23-25-36(26-24-33)49(37-16-5-14-34(28-37)41-20-7-13-32-11-2-4-18-39(32)41)45-22-8-21-42-43-29-35-15-9-27-48-44(35)30-46(43)50-47(42)45/h1-30H. The van der Waals surface area contributed by atoms with Crippen molar-refractivity contribution >= 4 is 71.4 Å². The lowest BCUT2D eigenvalue weighted by Gasteiger charge is -2.26. The van der Waals surface area contributed by atoms with E-state index in [1.807, 2.05) is 12.3 Å². The minimum Gasteiger partial charge on any atom is -0.454 e. The van der Waals surface area contributed by atoms with Crippen LogP contribution in [0.1, 0.15) is 0 Å². The molecule has 0 aliphatic heterocycles. The van der Waals surface area contributed by atoms with Crippen LogP contribution in [0.5, 0.6) is 0 Å². The molecule has 0 saturated carbocycles. The van der Waals surface area contributed by atoms with E-state index < -0.39 is 0 Å². The topological polar surface area (TPSA) is 29.3 Å². The Labute approximate surface area is 289 Å². The fraction of sp³-hybridized carbons (Fsp3) is 0. The van der Waals surface area contributed by atoms with Gasteiger partial charge in [-0.1, -0.05) is 127 Å². The average Bonchev–Trinajstić information content (AvgIpc) is 3.55. The van der Waals surface area contributed by atoms with Gasteiger partial charge in [-0.15, -0.1) is 0 Å². The van der Waals surface area contributed by atoms with Crippen LogP contribution in [-0.4, -0.2) is 4.98 Å². The van der Waals surface area contributed by atoms with Gasteiger partial charge in [0.1, 0.15) is 5.58 Å². The Kier molecular flexibility index (Phi) is 6.49. The Morgan fingerprint density at radius 2 is 1.06 bits per heavy atom. The summed E-state index contributed by atoms with van der Waals surface area (Å²) in [6.45, 7) is 0. The number of nitrogens with zero attached hydrogens (tertiary/aromatic N) is 2. The zero-order chi connectivity index (χ0) is 33.0. The van der Waals surface area contributed by atoms with Crippen LogP contribution in [-0.2, 0) is 0 Å². The molecule has 0 N–H and O–H groups in total. The highest BCUT2D eigenvalue weighted by Crippen LogP contribution is 2.44. The van der Waals surface area contributed by atoms with Crippen molar-refractivity contribution in [2.75, 3.05) is 4.90 Å². The third-order valence-electron chi connectivity index (χ3n) is 9.87. The normalized spacial score (nSPS) is 11.6. The van der Waals surface area contributed by atoms with E-state index in [-0.39, 0.29) is 0 Å². The Hall–Kier alpha value is -6.71. The van der Waals surface area contributed by atoms with Gasteiger partial charge in [0.15, 0.2) is 5.58 Å². The van der Waals surface area contributed by atoms with E-state index in [0.29, 0.717) is 0 Å². The minimum atomic E-state index is 0.828. The lowest BCUT2D eigenvalue weighted by Crippen LogP contribution is -2.10. The van der Waals surface area contributed by atoms with Crippen LogP contribution in [0.3, 0.4) is 0 Å². The van der Waals surface area contributed by atoms with Crippen LogP contribution in [0.15, 0.2) is 187 Å². The lowest BCUT2D eigenvalue weighted by molar-refractivity contribution is 0.669. The number of benzene rings is 8. The zero-order valence-electron chi connectivity index (χ0n) is 27.1. The number of fused-ring (bicyclic) bond motifs is 6. The highest BCUT2D eigenvalue weighted by atomic mass is 16.3. The van der Waals surface area contributed by atoms with Crippen LogP contribution in [0.2, 0.25) is 0 Å². The summed E-state index contributed by atoms with van der Waals surface area (Å²) in [7, 11) is 0. The largest absolute Gasteiger partial charge is 0.454 e. The van der Waals surface area contributed by atoms with Gasteiger partial charge in [0.2, 0.25) is 0 Å². The molecule has 234 valence electrons. The van der Waals surface area contributed by atoms with Gasteiger partial charge < -0.3 is 9.32 Å². The molecule has 0 amide bonds. The summed E-state index contributed by atoms with van der Waals surface area (Å²) in [5, 5.41) is 8.20. The van der Waals surface area contributed by atoms with E-state index in [1.165, 1.54) is 38.2 Å². The van der Waals surface area contributed by atoms with Crippen LogP contribution < -0.4 is 4.90 Å². The smallest absolute Gasteiger partial charge is 0.159 e. The molecule has 0 atom stereocenters. The molecule has 0 spiro atoms. The minimum absolute atomic E-state index is 0.828. The molecule has 0 bridgehead atoms. The van der Waals surface area contributed by atoms with Gasteiger partial charge in [0.05, 0.1) is 11.2 Å². The van der Waals surface area contributed by atoms with Crippen molar-refractivity contribution in [3.05, 3.63) is 182 Å². The zero-order valence-corrected chi connectivity index (χ0v) is 27.1.